The van der Waals surface area contributed by atoms with Crippen LogP contribution in [0.25, 0.3) is 82.5 Å². The topological polar surface area (TPSA) is 14.8 Å². The SMILES string of the molecule is CC.CC.CC.CC.CC.CC.CC.CC.Cc1[c-]cc2c(c1)Cc1c[c-]cc3c1B2c1c[c-]c(-n2c4ccccc4c4c2c2c5ccccc5n(-c5ccccc5)c2c2c5ccccc5n(-c5ccccc5)c42)cc1C3.[Y].[Y].[Y].[Y].[Y].[Y].[Y].[Y].[Y]. The predicted octanol–water partition coefficient (Wildman–Crippen LogP) is 19.2. The van der Waals surface area contributed by atoms with Gasteiger partial charge in [0.25, 0.3) is 0 Å². The molecule has 0 atom stereocenters. The molecular weight excluding hydrogens is 1730 g/mol. The summed E-state index contributed by atoms with van der Waals surface area (Å²) in [6.07, 6.45) is 1.81. The van der Waals surface area contributed by atoms with Crippen LogP contribution in [0.1, 0.15) is 139 Å². The van der Waals surface area contributed by atoms with E-state index in [1.54, 1.807) is 0 Å². The van der Waals surface area contributed by atoms with Crippen LogP contribution < -0.4 is 16.4 Å². The molecule has 14 rings (SSSR count). The van der Waals surface area contributed by atoms with Gasteiger partial charge in [-0.05, 0) is 42.5 Å². The van der Waals surface area contributed by atoms with Crippen LogP contribution in [-0.2, 0) is 307 Å². The number of aryl methyl sites for hydroxylation is 1. The number of aromatic nitrogens is 3. The average Bonchev–Trinajstić information content (AvgIpc) is 1.51. The smallest absolute Gasteiger partial charge is 0.0770 e. The largest absolute Gasteiger partial charge is 0.333 e. The first-order valence-electron chi connectivity index (χ1n) is 29.3. The van der Waals surface area contributed by atoms with Crippen molar-refractivity contribution in [2.45, 2.75) is 131 Å². The van der Waals surface area contributed by atoms with Crippen molar-refractivity contribution in [2.75, 3.05) is 0 Å². The van der Waals surface area contributed by atoms with Gasteiger partial charge in [0, 0.05) is 338 Å². The van der Waals surface area contributed by atoms with Crippen LogP contribution in [0.15, 0.2) is 170 Å². The molecule has 0 saturated carbocycles. The van der Waals surface area contributed by atoms with E-state index in [0.29, 0.717) is 0 Å². The average molecular weight is 1810 g/mol. The van der Waals surface area contributed by atoms with E-state index in [4.69, 9.17) is 0 Å². The van der Waals surface area contributed by atoms with Crippen molar-refractivity contribution in [2.24, 2.45) is 0 Å². The Balaban J connectivity index is -0.00000125. The molecule has 3 nitrogen and oxygen atoms in total. The Hall–Kier alpha value is 2.38. The van der Waals surface area contributed by atoms with Crippen molar-refractivity contribution < 1.29 is 294 Å². The minimum absolute atomic E-state index is 0. The molecule has 2 aliphatic rings. The van der Waals surface area contributed by atoms with Crippen LogP contribution in [-0.4, -0.2) is 20.4 Å². The number of rotatable bonds is 3. The molecule has 0 amide bonds. The fourth-order valence-electron chi connectivity index (χ4n) is 11.4. The molecule has 3 aromatic heterocycles. The van der Waals surface area contributed by atoms with E-state index in [9.17, 15) is 0 Å². The molecular formula is C73H83BN3Y9-3. The fourth-order valence-corrected chi connectivity index (χ4v) is 11.4. The molecule has 0 bridgehead atoms. The van der Waals surface area contributed by atoms with Gasteiger partial charge < -0.3 is 13.7 Å². The summed E-state index contributed by atoms with van der Waals surface area (Å²) in [4.78, 5) is 0. The molecule has 0 unspecified atom stereocenters. The van der Waals surface area contributed by atoms with E-state index in [1.165, 1.54) is 110 Å². The van der Waals surface area contributed by atoms with Crippen molar-refractivity contribution >= 4 is 88.5 Å². The molecule has 12 aromatic rings. The standard InChI is InChI=1S/C57H35BN3.8C2H6.9Y/c1-35-27-29-46-38(31-35)32-36-15-14-16-37-33-39-34-42(28-30-47(39)58(46)54(36)37)61-50-26-13-10-23-45(50)53-56-51(43-21-8-11-24-48(43)59(56)40-17-4-2-5-18-40)55-52(57(53)61)44-22-9-12-25-49(44)60(55)41-19-6-3-7-20-41;8*1-2;;;;;;;;;/h2-13,15-26,29-31,34H,32-33H2,1H3;8*1-2H3;;;;;;;;;/q-3;;;;;;;;;;;;;;;;;. The van der Waals surface area contributed by atoms with E-state index in [1.807, 2.05) is 111 Å². The second-order valence-electron chi connectivity index (χ2n) is 17.0. The van der Waals surface area contributed by atoms with Crippen molar-refractivity contribution in [1.82, 2.24) is 13.7 Å². The molecule has 0 fully saturated rings. The van der Waals surface area contributed by atoms with Gasteiger partial charge in [0.15, 0.2) is 0 Å². The molecule has 9 radical (unpaired) electrons. The van der Waals surface area contributed by atoms with Crippen LogP contribution in [0.5, 0.6) is 0 Å². The zero-order valence-electron chi connectivity index (χ0n) is 54.7. The summed E-state index contributed by atoms with van der Waals surface area (Å²) in [5, 5.41) is 7.44. The third-order valence-corrected chi connectivity index (χ3v) is 13.8. The summed E-state index contributed by atoms with van der Waals surface area (Å²) in [5.41, 5.74) is 21.4. The number of benzene rings is 9. The third-order valence-electron chi connectivity index (χ3n) is 13.8. The third kappa shape index (κ3) is 18.7. The quantitative estimate of drug-likeness (QED) is 0.124. The summed E-state index contributed by atoms with van der Waals surface area (Å²) < 4.78 is 7.56. The monoisotopic (exact) mass is 1810 g/mol. The van der Waals surface area contributed by atoms with Crippen LogP contribution in [0.4, 0.5) is 0 Å². The van der Waals surface area contributed by atoms with Gasteiger partial charge in [-0.25, -0.2) is 0 Å². The first-order valence-corrected chi connectivity index (χ1v) is 29.3. The van der Waals surface area contributed by atoms with Crippen molar-refractivity contribution in [3.63, 3.8) is 0 Å². The Labute approximate surface area is 745 Å². The molecule has 0 aliphatic carbocycles. The Morgan fingerprint density at radius 1 is 0.337 bits per heavy atom. The zero-order valence-corrected chi connectivity index (χ0v) is 80.2. The fraction of sp³-hybridized carbons (Fsp3) is 0.260. The maximum Gasteiger partial charge on any atom is 0.0770 e. The van der Waals surface area contributed by atoms with Crippen LogP contribution in [0.3, 0.4) is 0 Å². The summed E-state index contributed by atoms with van der Waals surface area (Å²) >= 11 is 0. The first kappa shape index (κ1) is 94.8. The first-order chi connectivity index (χ1) is 38.2. The molecule has 13 heteroatoms. The summed E-state index contributed by atoms with van der Waals surface area (Å²) in [7, 11) is 0. The van der Waals surface area contributed by atoms with E-state index in [0.717, 1.165) is 29.9 Å². The van der Waals surface area contributed by atoms with Gasteiger partial charge in [0.2, 0.25) is 0 Å². The molecule has 0 saturated heterocycles. The normalized spacial score (nSPS) is 9.90. The minimum Gasteiger partial charge on any atom is -0.333 e. The number of hydrogen-bond acceptors (Lipinski definition) is 0. The minimum atomic E-state index is 0. The van der Waals surface area contributed by atoms with Gasteiger partial charge in [-0.3, -0.25) is 0 Å². The number of hydrogen-bond donors (Lipinski definition) is 0. The molecule has 0 N–H and O–H groups in total. The summed E-state index contributed by atoms with van der Waals surface area (Å²) in [6.45, 7) is 34.3. The maximum absolute atomic E-state index is 3.97. The summed E-state index contributed by atoms with van der Waals surface area (Å²) in [6, 6.07) is 73.7. The van der Waals surface area contributed by atoms with Gasteiger partial charge in [-0.1, -0.05) is 227 Å². The van der Waals surface area contributed by atoms with E-state index in [2.05, 4.69) is 209 Å². The zero-order chi connectivity index (χ0) is 55.9. The molecule has 86 heavy (non-hydrogen) atoms. The molecule has 5 heterocycles. The van der Waals surface area contributed by atoms with Crippen LogP contribution >= 0.6 is 0 Å². The van der Waals surface area contributed by atoms with Crippen molar-refractivity contribution in [3.05, 3.63) is 216 Å². The van der Waals surface area contributed by atoms with Crippen LogP contribution in [0.2, 0.25) is 0 Å². The van der Waals surface area contributed by atoms with E-state index in [-0.39, 0.29) is 301 Å². The van der Waals surface area contributed by atoms with Crippen molar-refractivity contribution in [3.8, 4) is 17.1 Å². The molecule has 423 valence electrons. The maximum atomic E-state index is 3.97. The Bertz CT molecular complexity index is 3800. The Morgan fingerprint density at radius 3 is 1.03 bits per heavy atom. The summed E-state index contributed by atoms with van der Waals surface area (Å²) in [5.74, 6) is 0. The van der Waals surface area contributed by atoms with Gasteiger partial charge in [-0.15, -0.1) is 6.07 Å². The van der Waals surface area contributed by atoms with Gasteiger partial charge in [0.1, 0.15) is 0 Å². The Morgan fingerprint density at radius 2 is 0.651 bits per heavy atom. The predicted molar refractivity (Wildman–Crippen MR) is 345 cm³/mol. The van der Waals surface area contributed by atoms with Gasteiger partial charge >= 0.3 is 0 Å². The van der Waals surface area contributed by atoms with Crippen molar-refractivity contribution in [1.29, 1.82) is 0 Å². The van der Waals surface area contributed by atoms with Crippen LogP contribution in [0, 0.1) is 25.1 Å². The molecule has 2 aliphatic heterocycles. The second-order valence-corrected chi connectivity index (χ2v) is 17.0. The molecule has 0 spiro atoms. The van der Waals surface area contributed by atoms with Gasteiger partial charge in [0.05, 0.1) is 39.8 Å². The number of fused-ring (bicyclic) bond motifs is 16. The molecule has 9 aromatic carbocycles. The Kier molecular flexibility index (Phi) is 53.0. The number of nitrogens with zero attached hydrogens (tertiary/aromatic N) is 3. The van der Waals surface area contributed by atoms with E-state index >= 15 is 0 Å². The van der Waals surface area contributed by atoms with E-state index < -0.39 is 0 Å². The number of para-hydroxylation sites is 5. The van der Waals surface area contributed by atoms with Gasteiger partial charge in [-0.2, -0.15) is 92.7 Å². The second kappa shape index (κ2) is 48.1.